The zero-order chi connectivity index (χ0) is 20.8. The maximum atomic E-state index is 10.9. The zero-order valence-electron chi connectivity index (χ0n) is 15.5. The van der Waals surface area contributed by atoms with Gasteiger partial charge in [-0.15, -0.1) is 0 Å². The van der Waals surface area contributed by atoms with Crippen LogP contribution in [0.15, 0.2) is 51.9 Å². The van der Waals surface area contributed by atoms with Crippen LogP contribution < -0.4 is 4.74 Å². The number of nitro benzene ring substituents is 1. The fourth-order valence-corrected chi connectivity index (χ4v) is 2.57. The fraction of sp³-hybridized carbons (Fsp3) is 0.200. The van der Waals surface area contributed by atoms with Crippen LogP contribution in [-0.2, 0) is 0 Å². The number of aromatic hydroxyl groups is 1. The Hall–Kier alpha value is -3.39. The third-order valence-corrected chi connectivity index (χ3v) is 4.29. The molecule has 0 fully saturated rings. The van der Waals surface area contributed by atoms with Gasteiger partial charge >= 0.3 is 5.95 Å². The van der Waals surface area contributed by atoms with Crippen molar-refractivity contribution in [2.45, 2.75) is 19.8 Å². The average molecular weight is 416 g/mol. The van der Waals surface area contributed by atoms with E-state index in [0.29, 0.717) is 12.2 Å². The van der Waals surface area contributed by atoms with Crippen molar-refractivity contribution < 1.29 is 19.2 Å². The number of ether oxygens (including phenoxy) is 1. The lowest BCUT2D eigenvalue weighted by molar-refractivity contribution is -0.384. The van der Waals surface area contributed by atoms with E-state index in [2.05, 4.69) is 16.9 Å². The summed E-state index contributed by atoms with van der Waals surface area (Å²) in [6.07, 6.45) is 3.27. The second-order valence-corrected chi connectivity index (χ2v) is 6.49. The largest absolute Gasteiger partial charge is 0.494 e. The van der Waals surface area contributed by atoms with Gasteiger partial charge in [-0.05, 0) is 36.8 Å². The molecule has 3 aromatic rings. The number of aromatic nitrogens is 1. The Labute approximate surface area is 171 Å². The molecule has 3 rings (SSSR count). The van der Waals surface area contributed by atoms with Gasteiger partial charge in [0, 0.05) is 17.7 Å². The maximum absolute atomic E-state index is 10.9. The number of unbranched alkanes of at least 4 members (excludes halogenated alkanes) is 1. The molecule has 0 aliphatic carbocycles. The van der Waals surface area contributed by atoms with Gasteiger partial charge in [0.1, 0.15) is 5.75 Å². The predicted octanol–water partition coefficient (Wildman–Crippen LogP) is 5.54. The van der Waals surface area contributed by atoms with Crippen LogP contribution >= 0.6 is 11.6 Å². The maximum Gasteiger partial charge on any atom is 0.312 e. The number of benzene rings is 2. The molecule has 9 heteroatoms. The van der Waals surface area contributed by atoms with Gasteiger partial charge in [0.05, 0.1) is 28.5 Å². The molecule has 1 heterocycles. The summed E-state index contributed by atoms with van der Waals surface area (Å²) in [6, 6.07) is 11.0. The van der Waals surface area contributed by atoms with Crippen molar-refractivity contribution in [3.05, 3.63) is 63.3 Å². The first kappa shape index (κ1) is 20.3. The van der Waals surface area contributed by atoms with Gasteiger partial charge in [0.2, 0.25) is 5.89 Å². The van der Waals surface area contributed by atoms with Crippen molar-refractivity contribution in [3.63, 3.8) is 0 Å². The molecule has 0 saturated carbocycles. The summed E-state index contributed by atoms with van der Waals surface area (Å²) in [4.78, 5) is 18.6. The van der Waals surface area contributed by atoms with Gasteiger partial charge in [0.25, 0.3) is 5.69 Å². The first-order chi connectivity index (χ1) is 14.0. The number of halogens is 1. The Balaban J connectivity index is 1.78. The van der Waals surface area contributed by atoms with Crippen LogP contribution in [0.3, 0.4) is 0 Å². The molecular weight excluding hydrogens is 398 g/mol. The van der Waals surface area contributed by atoms with E-state index in [-0.39, 0.29) is 28.0 Å². The molecule has 29 heavy (non-hydrogen) atoms. The van der Waals surface area contributed by atoms with Crippen LogP contribution in [0, 0.1) is 10.1 Å². The normalized spacial score (nSPS) is 11.1. The van der Waals surface area contributed by atoms with Gasteiger partial charge in [-0.2, -0.15) is 0 Å². The smallest absolute Gasteiger partial charge is 0.312 e. The molecule has 0 bridgehead atoms. The van der Waals surface area contributed by atoms with Gasteiger partial charge in [-0.1, -0.05) is 24.9 Å². The minimum atomic E-state index is -0.545. The third-order valence-electron chi connectivity index (χ3n) is 3.97. The number of hydrogen-bond donors (Lipinski definition) is 1. The van der Waals surface area contributed by atoms with Gasteiger partial charge < -0.3 is 14.3 Å². The number of oxazole rings is 1. The van der Waals surface area contributed by atoms with Crippen molar-refractivity contribution in [3.8, 4) is 23.1 Å². The van der Waals surface area contributed by atoms with Gasteiger partial charge in [-0.25, -0.2) is 4.98 Å². The molecule has 0 amide bonds. The van der Waals surface area contributed by atoms with Crippen LogP contribution in [0.25, 0.3) is 11.5 Å². The Bertz CT molecular complexity index is 1030. The van der Waals surface area contributed by atoms with Crippen molar-refractivity contribution in [2.75, 3.05) is 6.61 Å². The third kappa shape index (κ3) is 5.11. The molecule has 0 aliphatic heterocycles. The van der Waals surface area contributed by atoms with Crippen molar-refractivity contribution in [1.82, 2.24) is 4.98 Å². The summed E-state index contributed by atoms with van der Waals surface area (Å²) >= 11 is 6.01. The van der Waals surface area contributed by atoms with E-state index >= 15 is 0 Å². The molecule has 150 valence electrons. The summed E-state index contributed by atoms with van der Waals surface area (Å²) in [5.74, 6) is 0.517. The molecule has 8 nitrogen and oxygen atoms in total. The molecule has 0 saturated heterocycles. The lowest BCUT2D eigenvalue weighted by Gasteiger charge is -2.05. The highest BCUT2D eigenvalue weighted by Crippen LogP contribution is 2.31. The second kappa shape index (κ2) is 9.20. The van der Waals surface area contributed by atoms with E-state index in [1.165, 1.54) is 24.4 Å². The molecular formula is C20H18ClN3O5. The number of aliphatic imine (C=N–C) groups is 1. The molecule has 1 aromatic heterocycles. The summed E-state index contributed by atoms with van der Waals surface area (Å²) in [7, 11) is 0. The van der Waals surface area contributed by atoms with E-state index < -0.39 is 10.9 Å². The van der Waals surface area contributed by atoms with E-state index in [0.717, 1.165) is 18.6 Å². The number of nitro groups is 1. The number of non-ortho nitro benzene ring substituents is 1. The molecule has 0 unspecified atom stereocenters. The fourth-order valence-electron chi connectivity index (χ4n) is 2.40. The van der Waals surface area contributed by atoms with Crippen LogP contribution in [0.5, 0.6) is 11.7 Å². The Kier molecular flexibility index (Phi) is 6.46. The number of rotatable bonds is 8. The van der Waals surface area contributed by atoms with E-state index in [9.17, 15) is 15.2 Å². The van der Waals surface area contributed by atoms with Gasteiger partial charge in [-0.3, -0.25) is 15.1 Å². The predicted molar refractivity (Wildman–Crippen MR) is 109 cm³/mol. The summed E-state index contributed by atoms with van der Waals surface area (Å²) in [6.45, 7) is 2.74. The topological polar surface area (TPSA) is 111 Å². The summed E-state index contributed by atoms with van der Waals surface area (Å²) in [5.41, 5.74) is 0.758. The molecule has 0 aliphatic rings. The first-order valence-electron chi connectivity index (χ1n) is 8.89. The van der Waals surface area contributed by atoms with Crippen LogP contribution in [0.2, 0.25) is 5.02 Å². The van der Waals surface area contributed by atoms with Crippen LogP contribution in [0.4, 0.5) is 11.4 Å². The Morgan fingerprint density at radius 3 is 2.76 bits per heavy atom. The van der Waals surface area contributed by atoms with E-state index in [1.54, 1.807) is 24.3 Å². The lowest BCUT2D eigenvalue weighted by Crippen LogP contribution is -1.95. The Morgan fingerprint density at radius 2 is 2.07 bits per heavy atom. The van der Waals surface area contributed by atoms with Crippen LogP contribution in [-0.4, -0.2) is 27.8 Å². The summed E-state index contributed by atoms with van der Waals surface area (Å²) in [5, 5.41) is 21.1. The molecule has 0 atom stereocenters. The molecule has 0 spiro atoms. The highest BCUT2D eigenvalue weighted by atomic mass is 35.5. The van der Waals surface area contributed by atoms with E-state index in [1.807, 2.05) is 0 Å². The minimum Gasteiger partial charge on any atom is -0.494 e. The minimum absolute atomic E-state index is 0.0749. The first-order valence-corrected chi connectivity index (χ1v) is 9.26. The zero-order valence-corrected chi connectivity index (χ0v) is 16.3. The summed E-state index contributed by atoms with van der Waals surface area (Å²) < 4.78 is 10.9. The van der Waals surface area contributed by atoms with Crippen LogP contribution in [0.1, 0.15) is 25.5 Å². The SMILES string of the molecule is CCCCOc1ccc(-c2nc(C=Nc3cc([N+](=O)[O-])ccc3Cl)c(O)o2)cc1. The Morgan fingerprint density at radius 1 is 1.31 bits per heavy atom. The van der Waals surface area contributed by atoms with Gasteiger partial charge in [0.15, 0.2) is 5.69 Å². The lowest BCUT2D eigenvalue weighted by atomic mass is 10.2. The molecule has 1 N–H and O–H groups in total. The standard InChI is InChI=1S/C20H18ClN3O5/c1-2-3-10-28-15-7-4-13(5-8-15)19-23-18(20(25)29-19)12-22-17-11-14(24(26)27)6-9-16(17)21/h4-9,11-12,25H,2-3,10H2,1H3. The monoisotopic (exact) mass is 415 g/mol. The number of hydrogen-bond acceptors (Lipinski definition) is 7. The highest BCUT2D eigenvalue weighted by Gasteiger charge is 2.14. The second-order valence-electron chi connectivity index (χ2n) is 6.09. The van der Waals surface area contributed by atoms with E-state index in [4.69, 9.17) is 20.8 Å². The van der Waals surface area contributed by atoms with Crippen molar-refractivity contribution >= 4 is 29.2 Å². The molecule has 0 radical (unpaired) electrons. The highest BCUT2D eigenvalue weighted by molar-refractivity contribution is 6.33. The van der Waals surface area contributed by atoms with Crippen molar-refractivity contribution in [1.29, 1.82) is 0 Å². The van der Waals surface area contributed by atoms with Crippen molar-refractivity contribution in [2.24, 2.45) is 4.99 Å². The molecule has 2 aromatic carbocycles. The number of nitrogens with zero attached hydrogens (tertiary/aromatic N) is 3. The quantitative estimate of drug-likeness (QED) is 0.224. The average Bonchev–Trinajstić information content (AvgIpc) is 3.08.